The summed E-state index contributed by atoms with van der Waals surface area (Å²) in [6.45, 7) is 4.39. The van der Waals surface area contributed by atoms with Crippen molar-refractivity contribution in [1.82, 2.24) is 4.72 Å². The largest absolute Gasteiger partial charge is 0.330 e. The summed E-state index contributed by atoms with van der Waals surface area (Å²) in [6.07, 6.45) is 1.44. The fraction of sp³-hybridized carbons (Fsp3) is 0.571. The van der Waals surface area contributed by atoms with Crippen molar-refractivity contribution in [2.24, 2.45) is 5.73 Å². The third-order valence-electron chi connectivity index (χ3n) is 3.19. The molecular weight excluding hydrogens is 260 g/mol. The Morgan fingerprint density at radius 3 is 2.42 bits per heavy atom. The van der Waals surface area contributed by atoms with Crippen molar-refractivity contribution < 1.29 is 8.42 Å². The van der Waals surface area contributed by atoms with E-state index in [0.717, 1.165) is 12.0 Å². The maximum absolute atomic E-state index is 12.1. The zero-order valence-electron chi connectivity index (χ0n) is 11.7. The molecule has 0 aliphatic carbocycles. The van der Waals surface area contributed by atoms with E-state index in [-0.39, 0.29) is 17.7 Å². The zero-order valence-corrected chi connectivity index (χ0v) is 12.5. The predicted molar refractivity (Wildman–Crippen MR) is 79.5 cm³/mol. The topological polar surface area (TPSA) is 72.2 Å². The molecule has 0 saturated carbocycles. The molecule has 0 aliphatic heterocycles. The fourth-order valence-corrected chi connectivity index (χ4v) is 3.80. The number of sulfonamides is 1. The van der Waals surface area contributed by atoms with E-state index in [2.05, 4.69) is 4.72 Å². The summed E-state index contributed by atoms with van der Waals surface area (Å²) in [6, 6.07) is 9.63. The Morgan fingerprint density at radius 2 is 1.89 bits per heavy atom. The molecule has 3 N–H and O–H groups in total. The minimum absolute atomic E-state index is 0.0194. The Morgan fingerprint density at radius 1 is 1.26 bits per heavy atom. The molecule has 0 spiro atoms. The van der Waals surface area contributed by atoms with Crippen molar-refractivity contribution in [1.29, 1.82) is 0 Å². The van der Waals surface area contributed by atoms with Gasteiger partial charge in [0.25, 0.3) is 0 Å². The predicted octanol–water partition coefficient (Wildman–Crippen LogP) is 1.84. The lowest BCUT2D eigenvalue weighted by Gasteiger charge is -2.18. The minimum atomic E-state index is -3.27. The Balaban J connectivity index is 2.64. The molecule has 1 aromatic rings. The molecule has 4 nitrogen and oxygen atoms in total. The number of rotatable bonds is 8. The molecule has 0 aliphatic rings. The van der Waals surface area contributed by atoms with Gasteiger partial charge in [-0.15, -0.1) is 0 Å². The van der Waals surface area contributed by atoms with Gasteiger partial charge in [-0.2, -0.15) is 0 Å². The van der Waals surface area contributed by atoms with Crippen LogP contribution in [0.3, 0.4) is 0 Å². The highest BCUT2D eigenvalue weighted by molar-refractivity contribution is 7.89. The van der Waals surface area contributed by atoms with E-state index in [1.165, 1.54) is 0 Å². The molecule has 0 heterocycles. The molecule has 0 bridgehead atoms. The first-order chi connectivity index (χ1) is 8.98. The standard InChI is InChI=1S/C14H24N2O2S/c1-3-14(9-10-15)16-19(17,18)11-12(2)13-7-5-4-6-8-13/h4-8,12,14,16H,3,9-11,15H2,1-2H3. The SMILES string of the molecule is CCC(CCN)NS(=O)(=O)CC(C)c1ccccc1. The van der Waals surface area contributed by atoms with E-state index in [0.29, 0.717) is 13.0 Å². The minimum Gasteiger partial charge on any atom is -0.330 e. The molecular formula is C14H24N2O2S. The van der Waals surface area contributed by atoms with Gasteiger partial charge < -0.3 is 5.73 Å². The molecule has 19 heavy (non-hydrogen) atoms. The summed E-state index contributed by atoms with van der Waals surface area (Å²) in [5.74, 6) is 0.0898. The fourth-order valence-electron chi connectivity index (χ4n) is 2.06. The Hall–Kier alpha value is -0.910. The summed E-state index contributed by atoms with van der Waals surface area (Å²) < 4.78 is 26.9. The van der Waals surface area contributed by atoms with Crippen LogP contribution in [-0.2, 0) is 10.0 Å². The van der Waals surface area contributed by atoms with Gasteiger partial charge in [-0.05, 0) is 30.9 Å². The molecule has 108 valence electrons. The van der Waals surface area contributed by atoms with E-state index >= 15 is 0 Å². The average molecular weight is 284 g/mol. The second-order valence-electron chi connectivity index (χ2n) is 4.89. The quantitative estimate of drug-likeness (QED) is 0.765. The second kappa shape index (κ2) is 7.62. The molecule has 0 aromatic heterocycles. The van der Waals surface area contributed by atoms with Gasteiger partial charge in [-0.3, -0.25) is 0 Å². The number of nitrogens with one attached hydrogen (secondary N) is 1. The van der Waals surface area contributed by atoms with Crippen LogP contribution in [0.25, 0.3) is 0 Å². The zero-order chi connectivity index (χ0) is 14.3. The molecule has 0 amide bonds. The van der Waals surface area contributed by atoms with Gasteiger partial charge >= 0.3 is 0 Å². The van der Waals surface area contributed by atoms with Crippen LogP contribution in [0, 0.1) is 0 Å². The third kappa shape index (κ3) is 5.72. The lowest BCUT2D eigenvalue weighted by Crippen LogP contribution is -2.38. The lowest BCUT2D eigenvalue weighted by atomic mass is 10.0. The molecule has 1 aromatic carbocycles. The number of hydrogen-bond donors (Lipinski definition) is 2. The number of nitrogens with two attached hydrogens (primary N) is 1. The van der Waals surface area contributed by atoms with Crippen LogP contribution in [0.5, 0.6) is 0 Å². The van der Waals surface area contributed by atoms with Gasteiger partial charge in [-0.1, -0.05) is 44.2 Å². The molecule has 1 rings (SSSR count). The van der Waals surface area contributed by atoms with Crippen LogP contribution in [0.15, 0.2) is 30.3 Å². The van der Waals surface area contributed by atoms with Gasteiger partial charge in [-0.25, -0.2) is 13.1 Å². The summed E-state index contributed by atoms with van der Waals surface area (Å²) in [4.78, 5) is 0. The summed E-state index contributed by atoms with van der Waals surface area (Å²) in [5, 5.41) is 0. The Labute approximate surface area is 116 Å². The van der Waals surface area contributed by atoms with E-state index in [1.807, 2.05) is 44.2 Å². The van der Waals surface area contributed by atoms with Gasteiger partial charge in [0.2, 0.25) is 10.0 Å². The van der Waals surface area contributed by atoms with Gasteiger partial charge in [0, 0.05) is 6.04 Å². The Bertz CT molecular complexity index is 460. The van der Waals surface area contributed by atoms with Crippen LogP contribution in [0.1, 0.15) is 38.2 Å². The second-order valence-corrected chi connectivity index (χ2v) is 6.69. The van der Waals surface area contributed by atoms with Gasteiger partial charge in [0.1, 0.15) is 0 Å². The summed E-state index contributed by atoms with van der Waals surface area (Å²) in [7, 11) is -3.27. The first-order valence-electron chi connectivity index (χ1n) is 6.73. The van der Waals surface area contributed by atoms with E-state index in [1.54, 1.807) is 0 Å². The molecule has 2 atom stereocenters. The van der Waals surface area contributed by atoms with Crippen molar-refractivity contribution in [3.05, 3.63) is 35.9 Å². The average Bonchev–Trinajstić information content (AvgIpc) is 2.38. The molecule has 0 fully saturated rings. The normalized spacial score (nSPS) is 15.1. The number of benzene rings is 1. The summed E-state index contributed by atoms with van der Waals surface area (Å²) >= 11 is 0. The number of hydrogen-bond acceptors (Lipinski definition) is 3. The highest BCUT2D eigenvalue weighted by atomic mass is 32.2. The maximum Gasteiger partial charge on any atom is 0.212 e. The van der Waals surface area contributed by atoms with E-state index in [4.69, 9.17) is 5.73 Å². The smallest absolute Gasteiger partial charge is 0.212 e. The monoisotopic (exact) mass is 284 g/mol. The van der Waals surface area contributed by atoms with Crippen molar-refractivity contribution in [2.75, 3.05) is 12.3 Å². The van der Waals surface area contributed by atoms with Gasteiger partial charge in [0.05, 0.1) is 5.75 Å². The maximum atomic E-state index is 12.1. The van der Waals surface area contributed by atoms with Crippen molar-refractivity contribution in [3.8, 4) is 0 Å². The molecule has 2 unspecified atom stereocenters. The first kappa shape index (κ1) is 16.1. The highest BCUT2D eigenvalue weighted by Gasteiger charge is 2.20. The van der Waals surface area contributed by atoms with Crippen LogP contribution < -0.4 is 10.5 Å². The molecule has 0 saturated heterocycles. The van der Waals surface area contributed by atoms with Crippen molar-refractivity contribution in [3.63, 3.8) is 0 Å². The van der Waals surface area contributed by atoms with Crippen LogP contribution in [0.4, 0.5) is 0 Å². The molecule has 0 radical (unpaired) electrons. The lowest BCUT2D eigenvalue weighted by molar-refractivity contribution is 0.518. The van der Waals surface area contributed by atoms with Crippen molar-refractivity contribution in [2.45, 2.75) is 38.6 Å². The van der Waals surface area contributed by atoms with Crippen LogP contribution >= 0.6 is 0 Å². The van der Waals surface area contributed by atoms with Crippen molar-refractivity contribution >= 4 is 10.0 Å². The highest BCUT2D eigenvalue weighted by Crippen LogP contribution is 2.16. The van der Waals surface area contributed by atoms with E-state index in [9.17, 15) is 8.42 Å². The first-order valence-corrected chi connectivity index (χ1v) is 8.38. The summed E-state index contributed by atoms with van der Waals surface area (Å²) in [5.41, 5.74) is 6.52. The van der Waals surface area contributed by atoms with Gasteiger partial charge in [0.15, 0.2) is 0 Å². The Kier molecular flexibility index (Phi) is 6.48. The van der Waals surface area contributed by atoms with Crippen LogP contribution in [-0.4, -0.2) is 26.8 Å². The third-order valence-corrected chi connectivity index (χ3v) is 4.82. The molecule has 5 heteroatoms. The van der Waals surface area contributed by atoms with Crippen LogP contribution in [0.2, 0.25) is 0 Å². The van der Waals surface area contributed by atoms with E-state index < -0.39 is 10.0 Å².